The van der Waals surface area contributed by atoms with Crippen LogP contribution < -0.4 is 0 Å². The van der Waals surface area contributed by atoms with E-state index in [1.807, 2.05) is 0 Å². The number of fused-ring (bicyclic) bond motifs is 10. The van der Waals surface area contributed by atoms with E-state index in [4.69, 9.17) is 0 Å². The molecule has 23 heavy (non-hydrogen) atoms. The number of Topliss-reactive ketones (excluding diaryl/α,β-unsaturated/α-hetero) is 1. The molecule has 2 nitrogen and oxygen atoms in total. The van der Waals surface area contributed by atoms with Gasteiger partial charge in [-0.1, -0.05) is 34.9 Å². The van der Waals surface area contributed by atoms with Crippen LogP contribution in [-0.4, -0.2) is 17.0 Å². The van der Waals surface area contributed by atoms with Gasteiger partial charge in [0.15, 0.2) is 5.78 Å². The zero-order valence-electron chi connectivity index (χ0n) is 14.8. The third-order valence-corrected chi connectivity index (χ3v) is 4.98. The number of aliphatic hydroxyl groups is 1. The molecule has 0 fully saturated rings. The standard InChI is InChI=1S/C21H30O2/c1-15-6-4-8-16(2)10-11-18-13-21(23)19(14-20(18)22)12-17(3)9-5-7-15/h6,9-10,13,19,21,23H,4-5,7-8,11-12,14H2,1-3H3/b15-6+,16-10+,17-9-/t19-,21+/m1/s1. The molecule has 0 heterocycles. The number of hydrogen-bond acceptors (Lipinski definition) is 2. The maximum Gasteiger partial charge on any atom is 0.159 e. The number of ketones is 1. The number of rotatable bonds is 0. The topological polar surface area (TPSA) is 37.3 Å². The van der Waals surface area contributed by atoms with E-state index in [0.29, 0.717) is 12.8 Å². The van der Waals surface area contributed by atoms with Crippen LogP contribution in [0.1, 0.15) is 65.7 Å². The molecule has 0 saturated heterocycles. The van der Waals surface area contributed by atoms with Crippen molar-refractivity contribution in [2.45, 2.75) is 71.8 Å². The molecule has 0 unspecified atom stereocenters. The van der Waals surface area contributed by atoms with E-state index in [1.54, 1.807) is 6.08 Å². The fourth-order valence-corrected chi connectivity index (χ4v) is 3.38. The molecule has 0 amide bonds. The van der Waals surface area contributed by atoms with Gasteiger partial charge in [0.2, 0.25) is 0 Å². The molecule has 0 saturated carbocycles. The molecule has 3 aliphatic carbocycles. The number of carbonyl (C=O) groups is 1. The third-order valence-electron chi connectivity index (χ3n) is 4.98. The minimum Gasteiger partial charge on any atom is -0.389 e. The summed E-state index contributed by atoms with van der Waals surface area (Å²) in [6, 6.07) is 0. The summed E-state index contributed by atoms with van der Waals surface area (Å²) >= 11 is 0. The highest BCUT2D eigenvalue weighted by Gasteiger charge is 2.28. The molecule has 0 aromatic carbocycles. The molecule has 1 N–H and O–H groups in total. The molecule has 0 aliphatic heterocycles. The molecular weight excluding hydrogens is 284 g/mol. The number of carbonyl (C=O) groups excluding carboxylic acids is 1. The van der Waals surface area contributed by atoms with Crippen LogP contribution in [0.4, 0.5) is 0 Å². The van der Waals surface area contributed by atoms with Crippen LogP contribution in [0.15, 0.2) is 46.6 Å². The fraction of sp³-hybridized carbons (Fsp3) is 0.571. The van der Waals surface area contributed by atoms with E-state index in [2.05, 4.69) is 39.0 Å². The van der Waals surface area contributed by atoms with Crippen molar-refractivity contribution >= 4 is 5.78 Å². The minimum absolute atomic E-state index is 0.0390. The average molecular weight is 314 g/mol. The van der Waals surface area contributed by atoms with Gasteiger partial charge in [-0.25, -0.2) is 0 Å². The highest BCUT2D eigenvalue weighted by molar-refractivity contribution is 5.96. The summed E-state index contributed by atoms with van der Waals surface area (Å²) in [6.07, 6.45) is 14.3. The Morgan fingerprint density at radius 2 is 1.52 bits per heavy atom. The van der Waals surface area contributed by atoms with Crippen LogP contribution in [0, 0.1) is 5.92 Å². The monoisotopic (exact) mass is 314 g/mol. The van der Waals surface area contributed by atoms with Gasteiger partial charge in [-0.3, -0.25) is 4.79 Å². The maximum atomic E-state index is 12.3. The molecule has 3 rings (SSSR count). The van der Waals surface area contributed by atoms with Gasteiger partial charge in [0.1, 0.15) is 0 Å². The smallest absolute Gasteiger partial charge is 0.159 e. The van der Waals surface area contributed by atoms with Gasteiger partial charge in [-0.05, 0) is 76.9 Å². The normalized spacial score (nSPS) is 34.7. The largest absolute Gasteiger partial charge is 0.389 e. The fourth-order valence-electron chi connectivity index (χ4n) is 3.38. The van der Waals surface area contributed by atoms with Crippen LogP contribution in [0.25, 0.3) is 0 Å². The van der Waals surface area contributed by atoms with Crippen LogP contribution >= 0.6 is 0 Å². The average Bonchev–Trinajstić information content (AvgIpc) is 2.48. The quantitative estimate of drug-likeness (QED) is 0.635. The molecule has 0 radical (unpaired) electrons. The Balaban J connectivity index is 2.20. The first-order valence-electron chi connectivity index (χ1n) is 8.84. The second-order valence-electron chi connectivity index (χ2n) is 7.21. The summed E-state index contributed by atoms with van der Waals surface area (Å²) in [6.45, 7) is 6.46. The first-order valence-corrected chi connectivity index (χ1v) is 8.84. The van der Waals surface area contributed by atoms with E-state index in [-0.39, 0.29) is 11.7 Å². The summed E-state index contributed by atoms with van der Waals surface area (Å²) in [5, 5.41) is 10.4. The Labute approximate surface area is 140 Å². The SMILES string of the molecule is C/C1=C/CC/C(C)=C/CC/C(C)=C/CC2=C[C@H](O)[C@@H](CC2=O)C1. The van der Waals surface area contributed by atoms with Gasteiger partial charge < -0.3 is 5.11 Å². The molecule has 0 spiro atoms. The zero-order chi connectivity index (χ0) is 16.8. The molecule has 0 aromatic heterocycles. The lowest BCUT2D eigenvalue weighted by Crippen LogP contribution is -2.28. The van der Waals surface area contributed by atoms with Crippen molar-refractivity contribution in [1.82, 2.24) is 0 Å². The van der Waals surface area contributed by atoms with Gasteiger partial charge in [0, 0.05) is 6.42 Å². The van der Waals surface area contributed by atoms with Gasteiger partial charge in [0.05, 0.1) is 6.10 Å². The Bertz CT molecular complexity index is 560. The number of allylic oxidation sites excluding steroid dienone is 7. The van der Waals surface area contributed by atoms with E-state index in [0.717, 1.165) is 37.7 Å². The van der Waals surface area contributed by atoms with Crippen molar-refractivity contribution < 1.29 is 9.90 Å². The number of aliphatic hydroxyl groups excluding tert-OH is 1. The summed E-state index contributed by atoms with van der Waals surface area (Å²) in [5.74, 6) is 0.247. The first-order chi connectivity index (χ1) is 11.0. The second-order valence-corrected chi connectivity index (χ2v) is 7.21. The van der Waals surface area contributed by atoms with Crippen molar-refractivity contribution in [1.29, 1.82) is 0 Å². The van der Waals surface area contributed by atoms with E-state index in [1.165, 1.54) is 16.7 Å². The third kappa shape index (κ3) is 5.62. The van der Waals surface area contributed by atoms with Crippen molar-refractivity contribution in [3.63, 3.8) is 0 Å². The van der Waals surface area contributed by atoms with Crippen molar-refractivity contribution in [2.24, 2.45) is 5.92 Å². The zero-order valence-corrected chi connectivity index (χ0v) is 14.8. The van der Waals surface area contributed by atoms with Crippen LogP contribution in [0.2, 0.25) is 0 Å². The first kappa shape index (κ1) is 17.9. The van der Waals surface area contributed by atoms with Crippen molar-refractivity contribution in [3.05, 3.63) is 46.6 Å². The van der Waals surface area contributed by atoms with E-state index in [9.17, 15) is 9.90 Å². The summed E-state index contributed by atoms with van der Waals surface area (Å²) < 4.78 is 0. The lowest BCUT2D eigenvalue weighted by Gasteiger charge is -2.26. The minimum atomic E-state index is -0.491. The number of hydrogen-bond donors (Lipinski definition) is 1. The molecule has 3 aliphatic rings. The molecule has 126 valence electrons. The Morgan fingerprint density at radius 3 is 2.22 bits per heavy atom. The van der Waals surface area contributed by atoms with Gasteiger partial charge in [0.25, 0.3) is 0 Å². The molecular formula is C21H30O2. The lowest BCUT2D eigenvalue weighted by atomic mass is 9.81. The molecule has 2 heteroatoms. The summed E-state index contributed by atoms with van der Waals surface area (Å²) in [7, 11) is 0. The molecule has 0 aromatic rings. The summed E-state index contributed by atoms with van der Waals surface area (Å²) in [5.41, 5.74) is 4.85. The summed E-state index contributed by atoms with van der Waals surface area (Å²) in [4.78, 5) is 12.3. The Morgan fingerprint density at radius 1 is 0.913 bits per heavy atom. The Kier molecular flexibility index (Phi) is 6.59. The van der Waals surface area contributed by atoms with E-state index >= 15 is 0 Å². The van der Waals surface area contributed by atoms with Crippen molar-refractivity contribution in [3.8, 4) is 0 Å². The lowest BCUT2D eigenvalue weighted by molar-refractivity contribution is -0.118. The van der Waals surface area contributed by atoms with Gasteiger partial charge in [-0.15, -0.1) is 0 Å². The Hall–Kier alpha value is -1.41. The second kappa shape index (κ2) is 8.44. The predicted molar refractivity (Wildman–Crippen MR) is 96.2 cm³/mol. The van der Waals surface area contributed by atoms with E-state index < -0.39 is 6.10 Å². The molecule has 2 bridgehead atoms. The van der Waals surface area contributed by atoms with Crippen LogP contribution in [0.5, 0.6) is 0 Å². The van der Waals surface area contributed by atoms with Gasteiger partial charge >= 0.3 is 0 Å². The van der Waals surface area contributed by atoms with Crippen LogP contribution in [-0.2, 0) is 4.79 Å². The predicted octanol–water partition coefficient (Wildman–Crippen LogP) is 5.06. The van der Waals surface area contributed by atoms with Gasteiger partial charge in [-0.2, -0.15) is 0 Å². The van der Waals surface area contributed by atoms with Crippen molar-refractivity contribution in [2.75, 3.05) is 0 Å². The highest BCUT2D eigenvalue weighted by atomic mass is 16.3. The molecule has 2 atom stereocenters. The highest BCUT2D eigenvalue weighted by Crippen LogP contribution is 2.29. The van der Waals surface area contributed by atoms with Crippen LogP contribution in [0.3, 0.4) is 0 Å². The maximum absolute atomic E-state index is 12.3.